The highest BCUT2D eigenvalue weighted by Crippen LogP contribution is 2.38. The molecule has 0 bridgehead atoms. The van der Waals surface area contributed by atoms with E-state index in [1.807, 2.05) is 0 Å². The van der Waals surface area contributed by atoms with E-state index in [-0.39, 0.29) is 18.5 Å². The molecule has 118 valence electrons. The van der Waals surface area contributed by atoms with Gasteiger partial charge in [-0.15, -0.1) is 12.4 Å². The molecule has 2 atom stereocenters. The number of aliphatic hydroxyl groups excluding tert-OH is 1. The van der Waals surface area contributed by atoms with Crippen molar-refractivity contribution in [3.8, 4) is 0 Å². The summed E-state index contributed by atoms with van der Waals surface area (Å²) < 4.78 is 0. The van der Waals surface area contributed by atoms with Crippen LogP contribution in [0.3, 0.4) is 0 Å². The van der Waals surface area contributed by atoms with Crippen molar-refractivity contribution in [2.24, 2.45) is 0 Å². The Morgan fingerprint density at radius 2 is 1.73 bits per heavy atom. The highest BCUT2D eigenvalue weighted by atomic mass is 35.5. The average molecular weight is 318 g/mol. The van der Waals surface area contributed by atoms with Crippen LogP contribution in [0.2, 0.25) is 0 Å². The lowest BCUT2D eigenvalue weighted by Gasteiger charge is -2.41. The average Bonchev–Trinajstić information content (AvgIpc) is 2.55. The SMILES string of the molecule is Cl.OC1c2c(ccc3ccccc23)CCC1N1CCCCC1. The van der Waals surface area contributed by atoms with Gasteiger partial charge in [0.25, 0.3) is 0 Å². The van der Waals surface area contributed by atoms with E-state index in [4.69, 9.17) is 0 Å². The summed E-state index contributed by atoms with van der Waals surface area (Å²) in [6.45, 7) is 2.31. The number of aryl methyl sites for hydroxylation is 1. The molecule has 0 spiro atoms. The van der Waals surface area contributed by atoms with Gasteiger partial charge in [0.05, 0.1) is 6.10 Å². The summed E-state index contributed by atoms with van der Waals surface area (Å²) in [5.74, 6) is 0. The molecule has 2 unspecified atom stereocenters. The number of likely N-dealkylation sites (tertiary alicyclic amines) is 1. The first-order valence-electron chi connectivity index (χ1n) is 8.27. The van der Waals surface area contributed by atoms with Crippen LogP contribution in [0.25, 0.3) is 10.8 Å². The summed E-state index contributed by atoms with van der Waals surface area (Å²) in [7, 11) is 0. The third kappa shape index (κ3) is 2.64. The minimum absolute atomic E-state index is 0. The third-order valence-electron chi connectivity index (χ3n) is 5.29. The molecule has 22 heavy (non-hydrogen) atoms. The second-order valence-corrected chi connectivity index (χ2v) is 6.51. The van der Waals surface area contributed by atoms with E-state index in [1.54, 1.807) is 0 Å². The molecule has 1 fully saturated rings. The van der Waals surface area contributed by atoms with E-state index < -0.39 is 0 Å². The second-order valence-electron chi connectivity index (χ2n) is 6.51. The maximum atomic E-state index is 11.0. The van der Waals surface area contributed by atoms with Crippen LogP contribution >= 0.6 is 12.4 Å². The van der Waals surface area contributed by atoms with Gasteiger partial charge in [-0.2, -0.15) is 0 Å². The van der Waals surface area contributed by atoms with Gasteiger partial charge in [-0.3, -0.25) is 4.90 Å². The number of benzene rings is 2. The van der Waals surface area contributed by atoms with Gasteiger partial charge < -0.3 is 5.11 Å². The Hall–Kier alpha value is -1.09. The minimum Gasteiger partial charge on any atom is -0.387 e. The monoisotopic (exact) mass is 317 g/mol. The summed E-state index contributed by atoms with van der Waals surface area (Å²) in [4.78, 5) is 2.53. The molecule has 0 amide bonds. The predicted octanol–water partition coefficient (Wildman–Crippen LogP) is 4.10. The minimum atomic E-state index is -0.335. The van der Waals surface area contributed by atoms with E-state index in [0.717, 1.165) is 25.9 Å². The first-order valence-corrected chi connectivity index (χ1v) is 8.27. The number of nitrogens with zero attached hydrogens (tertiary/aromatic N) is 1. The molecule has 2 aromatic rings. The number of fused-ring (bicyclic) bond motifs is 3. The zero-order chi connectivity index (χ0) is 14.2. The molecule has 2 aromatic carbocycles. The Kier molecular flexibility index (Phi) is 4.72. The van der Waals surface area contributed by atoms with E-state index in [1.165, 1.54) is 41.2 Å². The van der Waals surface area contributed by atoms with E-state index >= 15 is 0 Å². The molecule has 0 radical (unpaired) electrons. The van der Waals surface area contributed by atoms with Gasteiger partial charge in [-0.25, -0.2) is 0 Å². The summed E-state index contributed by atoms with van der Waals surface area (Å²) >= 11 is 0. The Morgan fingerprint density at radius 3 is 2.55 bits per heavy atom. The molecular formula is C19H24ClNO. The lowest BCUT2D eigenvalue weighted by atomic mass is 9.81. The zero-order valence-corrected chi connectivity index (χ0v) is 13.7. The Morgan fingerprint density at radius 1 is 0.955 bits per heavy atom. The van der Waals surface area contributed by atoms with Crippen molar-refractivity contribution in [2.45, 2.75) is 44.2 Å². The topological polar surface area (TPSA) is 23.5 Å². The largest absolute Gasteiger partial charge is 0.387 e. The van der Waals surface area contributed by atoms with Crippen LogP contribution in [0.5, 0.6) is 0 Å². The molecule has 1 heterocycles. The number of rotatable bonds is 1. The standard InChI is InChI=1S/C19H23NO.ClH/c21-19-17(20-12-4-1-5-13-20)11-10-15-9-8-14-6-2-3-7-16(14)18(15)19;/h2-3,6-9,17,19,21H,1,4-5,10-13H2;1H. The van der Waals surface area contributed by atoms with Gasteiger partial charge in [-0.1, -0.05) is 42.8 Å². The Labute approximate surface area is 138 Å². The van der Waals surface area contributed by atoms with Crippen LogP contribution in [0.15, 0.2) is 36.4 Å². The van der Waals surface area contributed by atoms with Crippen LogP contribution < -0.4 is 0 Å². The van der Waals surface area contributed by atoms with Crippen LogP contribution in [-0.4, -0.2) is 29.1 Å². The smallest absolute Gasteiger partial charge is 0.0953 e. The maximum Gasteiger partial charge on any atom is 0.0953 e. The molecule has 4 rings (SSSR count). The Bertz CT molecular complexity index is 651. The molecular weight excluding hydrogens is 294 g/mol. The first kappa shape index (κ1) is 15.8. The molecule has 3 heteroatoms. The highest BCUT2D eigenvalue weighted by Gasteiger charge is 2.33. The second kappa shape index (κ2) is 6.57. The van der Waals surface area contributed by atoms with Crippen molar-refractivity contribution in [1.82, 2.24) is 4.90 Å². The normalized spacial score (nSPS) is 25.5. The fourth-order valence-electron chi connectivity index (χ4n) is 4.19. The Balaban J connectivity index is 0.00000144. The van der Waals surface area contributed by atoms with Crippen molar-refractivity contribution in [3.05, 3.63) is 47.5 Å². The molecule has 1 aliphatic heterocycles. The van der Waals surface area contributed by atoms with Gasteiger partial charge in [-0.05, 0) is 60.7 Å². The number of hydrogen-bond donors (Lipinski definition) is 1. The molecule has 1 aliphatic carbocycles. The van der Waals surface area contributed by atoms with Gasteiger partial charge in [0.15, 0.2) is 0 Å². The number of halogens is 1. The lowest BCUT2D eigenvalue weighted by molar-refractivity contribution is 0.0270. The van der Waals surface area contributed by atoms with Gasteiger partial charge in [0.2, 0.25) is 0 Å². The van der Waals surface area contributed by atoms with Gasteiger partial charge in [0.1, 0.15) is 0 Å². The van der Waals surface area contributed by atoms with Crippen molar-refractivity contribution >= 4 is 23.2 Å². The molecule has 0 aromatic heterocycles. The van der Waals surface area contributed by atoms with Crippen molar-refractivity contribution in [1.29, 1.82) is 0 Å². The predicted molar refractivity (Wildman–Crippen MR) is 93.7 cm³/mol. The fourth-order valence-corrected chi connectivity index (χ4v) is 4.19. The fraction of sp³-hybridized carbons (Fsp3) is 0.474. The van der Waals surface area contributed by atoms with Crippen molar-refractivity contribution in [3.63, 3.8) is 0 Å². The number of piperidine rings is 1. The molecule has 2 nitrogen and oxygen atoms in total. The summed E-state index contributed by atoms with van der Waals surface area (Å²) in [5.41, 5.74) is 2.53. The van der Waals surface area contributed by atoms with Crippen molar-refractivity contribution < 1.29 is 5.11 Å². The third-order valence-corrected chi connectivity index (χ3v) is 5.29. The molecule has 1 saturated heterocycles. The zero-order valence-electron chi connectivity index (χ0n) is 12.9. The molecule has 2 aliphatic rings. The van der Waals surface area contributed by atoms with Gasteiger partial charge >= 0.3 is 0 Å². The highest BCUT2D eigenvalue weighted by molar-refractivity contribution is 5.87. The molecule has 0 saturated carbocycles. The first-order chi connectivity index (χ1) is 10.3. The quantitative estimate of drug-likeness (QED) is 0.856. The van der Waals surface area contributed by atoms with E-state index in [2.05, 4.69) is 41.3 Å². The summed E-state index contributed by atoms with van der Waals surface area (Å²) in [6, 6.07) is 13.2. The van der Waals surface area contributed by atoms with Gasteiger partial charge in [0, 0.05) is 6.04 Å². The van der Waals surface area contributed by atoms with E-state index in [0.29, 0.717) is 6.04 Å². The van der Waals surface area contributed by atoms with Crippen LogP contribution in [0, 0.1) is 0 Å². The van der Waals surface area contributed by atoms with Crippen LogP contribution in [0.1, 0.15) is 42.9 Å². The summed E-state index contributed by atoms with van der Waals surface area (Å²) in [5, 5.41) is 13.5. The number of aliphatic hydroxyl groups is 1. The molecule has 1 N–H and O–H groups in total. The van der Waals surface area contributed by atoms with E-state index in [9.17, 15) is 5.11 Å². The van der Waals surface area contributed by atoms with Crippen LogP contribution in [0.4, 0.5) is 0 Å². The summed E-state index contributed by atoms with van der Waals surface area (Å²) in [6.07, 6.45) is 5.76. The maximum absolute atomic E-state index is 11.0. The van der Waals surface area contributed by atoms with Crippen LogP contribution in [-0.2, 0) is 6.42 Å². The lowest BCUT2D eigenvalue weighted by Crippen LogP contribution is -2.44. The number of hydrogen-bond acceptors (Lipinski definition) is 2. The van der Waals surface area contributed by atoms with Crippen molar-refractivity contribution in [2.75, 3.05) is 13.1 Å².